The van der Waals surface area contributed by atoms with Crippen molar-refractivity contribution in [3.05, 3.63) is 42.2 Å². The zero-order chi connectivity index (χ0) is 22.1. The van der Waals surface area contributed by atoms with Gasteiger partial charge in [0.1, 0.15) is 17.2 Å². The smallest absolute Gasteiger partial charge is 0.274 e. The minimum Gasteiger partial charge on any atom is -0.383 e. The number of carbonyl (C=O) groups excluding carboxylic acids is 2. The van der Waals surface area contributed by atoms with E-state index in [9.17, 15) is 9.59 Å². The summed E-state index contributed by atoms with van der Waals surface area (Å²) in [6, 6.07) is 5.69. The molecule has 2 aliphatic carbocycles. The predicted octanol–water partition coefficient (Wildman–Crippen LogP) is 4.05. The SMILES string of the molecule is COC[C@@H]1CCCN1C(=O)c1cn2c(NC(=O)CC34CC=CC(CCC3)C4)cccc2n1. The van der Waals surface area contributed by atoms with Gasteiger partial charge in [-0.2, -0.15) is 0 Å². The summed E-state index contributed by atoms with van der Waals surface area (Å²) in [6.07, 6.45) is 14.5. The Morgan fingerprint density at radius 1 is 1.28 bits per heavy atom. The van der Waals surface area contributed by atoms with Crippen LogP contribution in [-0.4, -0.2) is 52.4 Å². The van der Waals surface area contributed by atoms with Crippen LogP contribution < -0.4 is 5.32 Å². The van der Waals surface area contributed by atoms with E-state index in [-0.39, 0.29) is 23.3 Å². The highest BCUT2D eigenvalue weighted by Gasteiger charge is 2.38. The second kappa shape index (κ2) is 8.70. The van der Waals surface area contributed by atoms with Gasteiger partial charge in [0, 0.05) is 26.3 Å². The Balaban J connectivity index is 1.33. The lowest BCUT2D eigenvalue weighted by Crippen LogP contribution is -2.38. The van der Waals surface area contributed by atoms with Gasteiger partial charge in [0.15, 0.2) is 0 Å². The second-order valence-electron chi connectivity index (χ2n) is 9.73. The molecule has 2 aromatic heterocycles. The summed E-state index contributed by atoms with van der Waals surface area (Å²) in [5.74, 6) is 1.24. The first-order valence-corrected chi connectivity index (χ1v) is 11.8. The highest BCUT2D eigenvalue weighted by Crippen LogP contribution is 2.48. The van der Waals surface area contributed by atoms with Gasteiger partial charge in [-0.05, 0) is 62.0 Å². The zero-order valence-corrected chi connectivity index (χ0v) is 18.8. The standard InChI is InChI=1S/C25H32N4O3/c1-32-17-19-8-5-13-28(19)24(31)20-16-29-21(26-20)9-2-10-22(29)27-23(30)15-25-11-3-6-18(14-25)7-4-12-25/h2-3,6,9-10,16,18-19H,4-5,7-8,11-15,17H2,1H3,(H,27,30)/t18?,19-,25?/m0/s1. The average molecular weight is 437 g/mol. The molecule has 2 unspecified atom stereocenters. The monoisotopic (exact) mass is 436 g/mol. The van der Waals surface area contributed by atoms with Crippen molar-refractivity contribution >= 4 is 23.3 Å². The average Bonchev–Trinajstić information content (AvgIpc) is 3.41. The first-order valence-electron chi connectivity index (χ1n) is 11.8. The molecule has 1 saturated heterocycles. The van der Waals surface area contributed by atoms with E-state index in [0.29, 0.717) is 36.1 Å². The van der Waals surface area contributed by atoms with E-state index in [4.69, 9.17) is 4.74 Å². The molecule has 2 amide bonds. The number of pyridine rings is 1. The zero-order valence-electron chi connectivity index (χ0n) is 18.8. The van der Waals surface area contributed by atoms with E-state index < -0.39 is 0 Å². The van der Waals surface area contributed by atoms with Gasteiger partial charge in [-0.3, -0.25) is 14.0 Å². The molecule has 0 radical (unpaired) electrons. The van der Waals surface area contributed by atoms with Crippen LogP contribution in [0.15, 0.2) is 36.5 Å². The van der Waals surface area contributed by atoms with Crippen molar-refractivity contribution in [1.82, 2.24) is 14.3 Å². The number of allylic oxidation sites excluding steroid dienone is 2. The lowest BCUT2D eigenvalue weighted by molar-refractivity contribution is -0.119. The molecule has 3 aliphatic rings. The Hall–Kier alpha value is -2.67. The Labute approximate surface area is 188 Å². The Morgan fingerprint density at radius 3 is 3.06 bits per heavy atom. The van der Waals surface area contributed by atoms with Gasteiger partial charge in [-0.25, -0.2) is 4.98 Å². The number of hydrogen-bond acceptors (Lipinski definition) is 4. The summed E-state index contributed by atoms with van der Waals surface area (Å²) in [5.41, 5.74) is 1.16. The van der Waals surface area contributed by atoms with Crippen molar-refractivity contribution in [3.63, 3.8) is 0 Å². The maximum absolute atomic E-state index is 13.1. The Kier molecular flexibility index (Phi) is 5.76. The fraction of sp³-hybridized carbons (Fsp3) is 0.560. The number of rotatable bonds is 6. The molecule has 7 heteroatoms. The number of nitrogens with one attached hydrogen (secondary N) is 1. The molecule has 2 fully saturated rings. The lowest BCUT2D eigenvalue weighted by atomic mass is 9.63. The fourth-order valence-electron chi connectivity index (χ4n) is 5.95. The molecule has 2 aromatic rings. The summed E-state index contributed by atoms with van der Waals surface area (Å²) < 4.78 is 7.10. The molecule has 2 bridgehead atoms. The molecule has 0 aromatic carbocycles. The third-order valence-corrected chi connectivity index (χ3v) is 7.45. The van der Waals surface area contributed by atoms with Crippen LogP contribution in [-0.2, 0) is 9.53 Å². The highest BCUT2D eigenvalue weighted by atomic mass is 16.5. The largest absolute Gasteiger partial charge is 0.383 e. The van der Waals surface area contributed by atoms with Gasteiger partial charge in [0.05, 0.1) is 12.6 Å². The van der Waals surface area contributed by atoms with Crippen molar-refractivity contribution in [2.75, 3.05) is 25.6 Å². The molecule has 1 N–H and O–H groups in total. The van der Waals surface area contributed by atoms with E-state index in [1.54, 1.807) is 13.3 Å². The molecule has 170 valence electrons. The molecule has 32 heavy (non-hydrogen) atoms. The number of hydrogen-bond donors (Lipinski definition) is 1. The number of methoxy groups -OCH3 is 1. The van der Waals surface area contributed by atoms with E-state index in [1.807, 2.05) is 27.5 Å². The number of aromatic nitrogens is 2. The Morgan fingerprint density at radius 2 is 2.19 bits per heavy atom. The van der Waals surface area contributed by atoms with Gasteiger partial charge in [0.25, 0.3) is 5.91 Å². The topological polar surface area (TPSA) is 75.9 Å². The van der Waals surface area contributed by atoms with Crippen molar-refractivity contribution in [2.45, 2.75) is 57.4 Å². The van der Waals surface area contributed by atoms with Crippen LogP contribution in [0.25, 0.3) is 5.65 Å². The lowest BCUT2D eigenvalue weighted by Gasteiger charge is -2.42. The van der Waals surface area contributed by atoms with E-state index in [0.717, 1.165) is 38.6 Å². The van der Waals surface area contributed by atoms with Crippen molar-refractivity contribution in [1.29, 1.82) is 0 Å². The number of nitrogens with zero attached hydrogens (tertiary/aromatic N) is 3. The predicted molar refractivity (Wildman–Crippen MR) is 123 cm³/mol. The number of carbonyl (C=O) groups is 2. The Bertz CT molecular complexity index is 1040. The number of anilines is 1. The molecular formula is C25H32N4O3. The minimum absolute atomic E-state index is 0.0368. The van der Waals surface area contributed by atoms with Crippen LogP contribution in [0.2, 0.25) is 0 Å². The second-order valence-corrected chi connectivity index (χ2v) is 9.73. The van der Waals surface area contributed by atoms with E-state index in [2.05, 4.69) is 22.5 Å². The summed E-state index contributed by atoms with van der Waals surface area (Å²) in [5, 5.41) is 3.10. The number of ether oxygens (including phenoxy) is 1. The summed E-state index contributed by atoms with van der Waals surface area (Å²) >= 11 is 0. The molecule has 7 nitrogen and oxygen atoms in total. The van der Waals surface area contributed by atoms with E-state index >= 15 is 0 Å². The quantitative estimate of drug-likeness (QED) is 0.693. The van der Waals surface area contributed by atoms with Crippen LogP contribution in [0.3, 0.4) is 0 Å². The highest BCUT2D eigenvalue weighted by molar-refractivity contribution is 5.94. The van der Waals surface area contributed by atoms with Crippen LogP contribution >= 0.6 is 0 Å². The molecule has 1 saturated carbocycles. The van der Waals surface area contributed by atoms with E-state index in [1.165, 1.54) is 12.8 Å². The van der Waals surface area contributed by atoms with Crippen LogP contribution in [0.4, 0.5) is 5.82 Å². The molecule has 3 heterocycles. The van der Waals surface area contributed by atoms with Crippen LogP contribution in [0.5, 0.6) is 0 Å². The molecular weight excluding hydrogens is 404 g/mol. The number of imidazole rings is 1. The van der Waals surface area contributed by atoms with Crippen LogP contribution in [0.1, 0.15) is 61.9 Å². The number of likely N-dealkylation sites (tertiary alicyclic amines) is 1. The molecule has 1 aliphatic heterocycles. The minimum atomic E-state index is -0.0772. The molecule has 5 rings (SSSR count). The summed E-state index contributed by atoms with van der Waals surface area (Å²) in [4.78, 5) is 32.6. The van der Waals surface area contributed by atoms with Crippen LogP contribution in [0, 0.1) is 11.3 Å². The number of amides is 2. The van der Waals surface area contributed by atoms with Gasteiger partial charge in [-0.1, -0.05) is 24.6 Å². The third kappa shape index (κ3) is 4.06. The maximum Gasteiger partial charge on any atom is 0.274 e. The van der Waals surface area contributed by atoms with Crippen molar-refractivity contribution in [2.24, 2.45) is 11.3 Å². The van der Waals surface area contributed by atoms with Gasteiger partial charge >= 0.3 is 0 Å². The summed E-state index contributed by atoms with van der Waals surface area (Å²) in [6.45, 7) is 1.26. The van der Waals surface area contributed by atoms with Crippen molar-refractivity contribution < 1.29 is 14.3 Å². The third-order valence-electron chi connectivity index (χ3n) is 7.45. The molecule has 0 spiro atoms. The normalized spacial score (nSPS) is 27.1. The first kappa shape index (κ1) is 21.2. The molecule has 3 atom stereocenters. The maximum atomic E-state index is 13.1. The fourth-order valence-corrected chi connectivity index (χ4v) is 5.95. The summed E-state index contributed by atoms with van der Waals surface area (Å²) in [7, 11) is 1.66. The number of fused-ring (bicyclic) bond motifs is 3. The van der Waals surface area contributed by atoms with Gasteiger partial charge in [-0.15, -0.1) is 0 Å². The van der Waals surface area contributed by atoms with Gasteiger partial charge < -0.3 is 15.0 Å². The van der Waals surface area contributed by atoms with Crippen molar-refractivity contribution in [3.8, 4) is 0 Å². The first-order chi connectivity index (χ1) is 15.6. The van der Waals surface area contributed by atoms with Gasteiger partial charge in [0.2, 0.25) is 5.91 Å².